The van der Waals surface area contributed by atoms with E-state index in [1.54, 1.807) is 4.90 Å². The van der Waals surface area contributed by atoms with Crippen LogP contribution in [0.25, 0.3) is 0 Å². The van der Waals surface area contributed by atoms with Gasteiger partial charge in [0.25, 0.3) is 5.91 Å². The van der Waals surface area contributed by atoms with Gasteiger partial charge in [0, 0.05) is 11.3 Å². The van der Waals surface area contributed by atoms with Crippen LogP contribution >= 0.6 is 11.8 Å². The van der Waals surface area contributed by atoms with Gasteiger partial charge in [0.1, 0.15) is 11.9 Å². The van der Waals surface area contributed by atoms with Gasteiger partial charge in [0.15, 0.2) is 5.17 Å². The summed E-state index contributed by atoms with van der Waals surface area (Å²) in [5.41, 5.74) is 3.61. The topological polar surface area (TPSA) is 74.1 Å². The van der Waals surface area contributed by atoms with Crippen LogP contribution in [0.4, 0.5) is 11.4 Å². The number of amidine groups is 2. The zero-order valence-electron chi connectivity index (χ0n) is 18.0. The van der Waals surface area contributed by atoms with Gasteiger partial charge in [-0.15, -0.1) is 0 Å². The molecule has 1 unspecified atom stereocenters. The van der Waals surface area contributed by atoms with E-state index in [-0.39, 0.29) is 17.6 Å². The van der Waals surface area contributed by atoms with Crippen molar-refractivity contribution in [1.29, 1.82) is 0 Å². The van der Waals surface area contributed by atoms with Crippen LogP contribution in [0, 0.1) is 5.92 Å². The number of benzene rings is 2. The van der Waals surface area contributed by atoms with E-state index in [1.807, 2.05) is 48.5 Å². The number of aryl methyl sites for hydroxylation is 1. The third kappa shape index (κ3) is 4.56. The number of hydrogen-bond donors (Lipinski definition) is 1. The number of aliphatic imine (C=N–C) groups is 2. The van der Waals surface area contributed by atoms with Crippen molar-refractivity contribution in [3.8, 4) is 0 Å². The monoisotopic (exact) mass is 434 g/mol. The number of thioether (sulfide) groups is 1. The average Bonchev–Trinajstić information content (AvgIpc) is 3.08. The van der Waals surface area contributed by atoms with Gasteiger partial charge in [0.2, 0.25) is 5.91 Å². The van der Waals surface area contributed by atoms with Gasteiger partial charge in [-0.25, -0.2) is 9.89 Å². The summed E-state index contributed by atoms with van der Waals surface area (Å²) in [6.07, 6.45) is 1.64. The molecule has 2 aromatic carbocycles. The van der Waals surface area contributed by atoms with E-state index in [0.717, 1.165) is 23.4 Å². The Labute approximate surface area is 186 Å². The molecule has 0 saturated heterocycles. The number of carbonyl (C=O) groups is 2. The average molecular weight is 435 g/mol. The number of fused-ring (bicyclic) bond motifs is 3. The highest BCUT2D eigenvalue weighted by molar-refractivity contribution is 8.14. The first-order chi connectivity index (χ1) is 15.0. The zero-order chi connectivity index (χ0) is 22.0. The normalized spacial score (nSPS) is 17.2. The molecule has 160 valence electrons. The van der Waals surface area contributed by atoms with Gasteiger partial charge >= 0.3 is 0 Å². The lowest BCUT2D eigenvalue weighted by Crippen LogP contribution is -2.41. The standard InChI is InChI=1S/C24H26N4O2S/c1-4-16-9-11-17(12-10-16)25-21(29)14-31-24-27-19-8-6-5-7-18(19)22-26-20(13-15(2)3)23(30)28(22)24/h5-12,15,20H,4,13-14H2,1-3H3,(H,25,29). The molecule has 0 aliphatic carbocycles. The molecule has 2 aromatic rings. The lowest BCUT2D eigenvalue weighted by atomic mass is 10.0. The molecule has 0 bridgehead atoms. The molecule has 0 spiro atoms. The number of rotatable bonds is 6. The van der Waals surface area contributed by atoms with Crippen molar-refractivity contribution in [2.24, 2.45) is 15.9 Å². The Hall–Kier alpha value is -2.93. The second-order valence-corrected chi connectivity index (χ2v) is 9.01. The Balaban J connectivity index is 1.51. The molecule has 1 atom stereocenters. The molecule has 2 amide bonds. The minimum absolute atomic E-state index is 0.0694. The molecule has 0 aromatic heterocycles. The van der Waals surface area contributed by atoms with Gasteiger partial charge in [-0.2, -0.15) is 0 Å². The van der Waals surface area contributed by atoms with Crippen LogP contribution in [0.2, 0.25) is 0 Å². The van der Waals surface area contributed by atoms with Gasteiger partial charge in [0.05, 0.1) is 11.4 Å². The van der Waals surface area contributed by atoms with Crippen molar-refractivity contribution in [3.05, 3.63) is 59.7 Å². The molecule has 31 heavy (non-hydrogen) atoms. The fourth-order valence-electron chi connectivity index (χ4n) is 3.65. The Morgan fingerprint density at radius 1 is 1.16 bits per heavy atom. The lowest BCUT2D eigenvalue weighted by Gasteiger charge is -2.25. The van der Waals surface area contributed by atoms with Crippen molar-refractivity contribution >= 4 is 46.0 Å². The summed E-state index contributed by atoms with van der Waals surface area (Å²) in [6, 6.07) is 15.1. The number of anilines is 1. The van der Waals surface area contributed by atoms with Crippen molar-refractivity contribution < 1.29 is 9.59 Å². The summed E-state index contributed by atoms with van der Waals surface area (Å²) in [5.74, 6) is 0.939. The molecule has 0 radical (unpaired) electrons. The Kier molecular flexibility index (Phi) is 6.23. The van der Waals surface area contributed by atoms with E-state index in [4.69, 9.17) is 4.99 Å². The highest BCUT2D eigenvalue weighted by Crippen LogP contribution is 2.34. The van der Waals surface area contributed by atoms with Crippen molar-refractivity contribution in [1.82, 2.24) is 4.90 Å². The number of carbonyl (C=O) groups excluding carboxylic acids is 2. The van der Waals surface area contributed by atoms with Crippen LogP contribution in [-0.2, 0) is 16.0 Å². The van der Waals surface area contributed by atoms with Crippen molar-refractivity contribution in [2.75, 3.05) is 11.1 Å². The van der Waals surface area contributed by atoms with Crippen LogP contribution < -0.4 is 5.32 Å². The largest absolute Gasteiger partial charge is 0.325 e. The summed E-state index contributed by atoms with van der Waals surface area (Å²) in [4.78, 5) is 36.6. The highest BCUT2D eigenvalue weighted by Gasteiger charge is 2.41. The number of amides is 2. The number of hydrogen-bond acceptors (Lipinski definition) is 5. The molecular formula is C24H26N4O2S. The maximum atomic E-state index is 13.1. The van der Waals surface area contributed by atoms with Gasteiger partial charge < -0.3 is 5.32 Å². The minimum Gasteiger partial charge on any atom is -0.325 e. The van der Waals surface area contributed by atoms with Crippen LogP contribution in [0.5, 0.6) is 0 Å². The maximum Gasteiger partial charge on any atom is 0.259 e. The fraction of sp³-hybridized carbons (Fsp3) is 0.333. The summed E-state index contributed by atoms with van der Waals surface area (Å²) in [6.45, 7) is 6.26. The van der Waals surface area contributed by atoms with Gasteiger partial charge in [-0.05, 0) is 48.6 Å². The van der Waals surface area contributed by atoms with Crippen molar-refractivity contribution in [2.45, 2.75) is 39.7 Å². The van der Waals surface area contributed by atoms with E-state index in [9.17, 15) is 9.59 Å². The second-order valence-electron chi connectivity index (χ2n) is 8.07. The van der Waals surface area contributed by atoms with E-state index in [2.05, 4.69) is 31.1 Å². The summed E-state index contributed by atoms with van der Waals surface area (Å²) in [5, 5.41) is 3.41. The molecule has 2 aliphatic heterocycles. The summed E-state index contributed by atoms with van der Waals surface area (Å²) in [7, 11) is 0. The molecule has 0 fully saturated rings. The molecule has 4 rings (SSSR count). The van der Waals surface area contributed by atoms with E-state index < -0.39 is 6.04 Å². The van der Waals surface area contributed by atoms with Crippen LogP contribution in [-0.4, -0.2) is 39.5 Å². The molecule has 2 heterocycles. The lowest BCUT2D eigenvalue weighted by molar-refractivity contribution is -0.125. The first kappa shape index (κ1) is 21.3. The minimum atomic E-state index is -0.405. The molecule has 6 nitrogen and oxygen atoms in total. The zero-order valence-corrected chi connectivity index (χ0v) is 18.8. The number of para-hydroxylation sites is 1. The summed E-state index contributed by atoms with van der Waals surface area (Å²) >= 11 is 1.26. The third-order valence-electron chi connectivity index (χ3n) is 5.22. The highest BCUT2D eigenvalue weighted by atomic mass is 32.2. The summed E-state index contributed by atoms with van der Waals surface area (Å²) < 4.78 is 0. The Morgan fingerprint density at radius 2 is 1.90 bits per heavy atom. The first-order valence-corrected chi connectivity index (χ1v) is 11.6. The molecule has 1 N–H and O–H groups in total. The predicted octanol–water partition coefficient (Wildman–Crippen LogP) is 4.63. The van der Waals surface area contributed by atoms with E-state index >= 15 is 0 Å². The Morgan fingerprint density at radius 3 is 2.61 bits per heavy atom. The smallest absolute Gasteiger partial charge is 0.259 e. The van der Waals surface area contributed by atoms with E-state index in [1.165, 1.54) is 17.3 Å². The van der Waals surface area contributed by atoms with Gasteiger partial charge in [-0.1, -0.05) is 56.8 Å². The molecule has 7 heteroatoms. The van der Waals surface area contributed by atoms with Crippen LogP contribution in [0.15, 0.2) is 58.5 Å². The maximum absolute atomic E-state index is 13.1. The number of nitrogens with zero attached hydrogens (tertiary/aromatic N) is 3. The predicted molar refractivity (Wildman–Crippen MR) is 127 cm³/mol. The number of nitrogens with one attached hydrogen (secondary N) is 1. The second kappa shape index (κ2) is 9.06. The van der Waals surface area contributed by atoms with Crippen molar-refractivity contribution in [3.63, 3.8) is 0 Å². The van der Waals surface area contributed by atoms with Crippen LogP contribution in [0.3, 0.4) is 0 Å². The third-order valence-corrected chi connectivity index (χ3v) is 6.16. The SMILES string of the molecule is CCc1ccc(NC(=O)CSC2=Nc3ccccc3C3=NC(CC(C)C)C(=O)N23)cc1. The molecular weight excluding hydrogens is 408 g/mol. The first-order valence-electron chi connectivity index (χ1n) is 10.6. The Bertz CT molecular complexity index is 1060. The van der Waals surface area contributed by atoms with Crippen LogP contribution in [0.1, 0.15) is 38.3 Å². The molecule has 2 aliphatic rings. The fourth-order valence-corrected chi connectivity index (χ4v) is 4.45. The van der Waals surface area contributed by atoms with Gasteiger partial charge in [-0.3, -0.25) is 14.6 Å². The van der Waals surface area contributed by atoms with E-state index in [0.29, 0.717) is 23.3 Å². The molecule has 0 saturated carbocycles. The quantitative estimate of drug-likeness (QED) is 0.721.